The van der Waals surface area contributed by atoms with Gasteiger partial charge in [-0.2, -0.15) is 5.26 Å². The monoisotopic (exact) mass is 299 g/mol. The van der Waals surface area contributed by atoms with E-state index in [1.165, 1.54) is 42.5 Å². The second kappa shape index (κ2) is 6.45. The van der Waals surface area contributed by atoms with Crippen molar-refractivity contribution < 1.29 is 14.1 Å². The third-order valence-electron chi connectivity index (χ3n) is 2.93. The maximum atomic E-state index is 12.9. The van der Waals surface area contributed by atoms with Gasteiger partial charge in [0.05, 0.1) is 11.0 Å². The maximum Gasteiger partial charge on any atom is 0.270 e. The standard InChI is InChI=1S/C15H10FN3O3/c16-12-6-4-10(5-7-12)14(9-17)18-15(20)11-2-1-3-13(8-11)19(21)22/h1-8,14H,(H,18,20)/t14-/m0/s1. The summed E-state index contributed by atoms with van der Waals surface area (Å²) in [6, 6.07) is 11.2. The van der Waals surface area contributed by atoms with Crippen molar-refractivity contribution >= 4 is 11.6 Å². The molecule has 0 fully saturated rings. The van der Waals surface area contributed by atoms with E-state index < -0.39 is 22.7 Å². The summed E-state index contributed by atoms with van der Waals surface area (Å²) < 4.78 is 12.9. The van der Waals surface area contributed by atoms with Crippen LogP contribution in [0.25, 0.3) is 0 Å². The molecule has 0 aliphatic heterocycles. The largest absolute Gasteiger partial charge is 0.332 e. The van der Waals surface area contributed by atoms with Gasteiger partial charge in [0.15, 0.2) is 0 Å². The van der Waals surface area contributed by atoms with Gasteiger partial charge < -0.3 is 5.32 Å². The fourth-order valence-electron chi connectivity index (χ4n) is 1.82. The number of nitro groups is 1. The zero-order valence-corrected chi connectivity index (χ0v) is 11.2. The summed E-state index contributed by atoms with van der Waals surface area (Å²) in [5, 5.41) is 22.3. The molecule has 22 heavy (non-hydrogen) atoms. The van der Waals surface area contributed by atoms with Gasteiger partial charge >= 0.3 is 0 Å². The molecule has 0 unspecified atom stereocenters. The summed E-state index contributed by atoms with van der Waals surface area (Å²) in [5.74, 6) is -1.08. The molecule has 1 N–H and O–H groups in total. The van der Waals surface area contributed by atoms with Gasteiger partial charge in [-0.1, -0.05) is 18.2 Å². The average molecular weight is 299 g/mol. The molecule has 7 heteroatoms. The van der Waals surface area contributed by atoms with Gasteiger partial charge in [-0.05, 0) is 23.8 Å². The molecular formula is C15H10FN3O3. The number of hydrogen-bond donors (Lipinski definition) is 1. The van der Waals surface area contributed by atoms with E-state index in [0.29, 0.717) is 5.56 Å². The summed E-state index contributed by atoms with van der Waals surface area (Å²) >= 11 is 0. The van der Waals surface area contributed by atoms with Gasteiger partial charge in [-0.15, -0.1) is 0 Å². The van der Waals surface area contributed by atoms with Crippen molar-refractivity contribution in [1.82, 2.24) is 5.32 Å². The molecule has 110 valence electrons. The van der Waals surface area contributed by atoms with E-state index in [0.717, 1.165) is 6.07 Å². The zero-order valence-electron chi connectivity index (χ0n) is 11.2. The molecule has 0 radical (unpaired) electrons. The zero-order chi connectivity index (χ0) is 16.1. The number of nitrogens with one attached hydrogen (secondary N) is 1. The van der Waals surface area contributed by atoms with Gasteiger partial charge in [0.2, 0.25) is 0 Å². The van der Waals surface area contributed by atoms with Gasteiger partial charge in [-0.3, -0.25) is 14.9 Å². The van der Waals surface area contributed by atoms with E-state index >= 15 is 0 Å². The number of carbonyl (C=O) groups is 1. The Morgan fingerprint density at radius 1 is 1.27 bits per heavy atom. The fraction of sp³-hybridized carbons (Fsp3) is 0.0667. The molecule has 0 saturated carbocycles. The molecule has 2 aromatic carbocycles. The Bertz CT molecular complexity index is 753. The highest BCUT2D eigenvalue weighted by Crippen LogP contribution is 2.16. The van der Waals surface area contributed by atoms with Crippen LogP contribution in [0.2, 0.25) is 0 Å². The molecule has 2 aromatic rings. The normalized spacial score (nSPS) is 11.3. The minimum Gasteiger partial charge on any atom is -0.332 e. The topological polar surface area (TPSA) is 96.0 Å². The third-order valence-corrected chi connectivity index (χ3v) is 2.93. The van der Waals surface area contributed by atoms with Crippen LogP contribution in [-0.2, 0) is 0 Å². The van der Waals surface area contributed by atoms with E-state index in [9.17, 15) is 19.3 Å². The fourth-order valence-corrected chi connectivity index (χ4v) is 1.82. The number of nitrogens with zero attached hydrogens (tertiary/aromatic N) is 2. The van der Waals surface area contributed by atoms with E-state index in [4.69, 9.17) is 5.26 Å². The number of benzene rings is 2. The Hall–Kier alpha value is -3.27. The molecule has 0 bridgehead atoms. The number of carbonyl (C=O) groups excluding carboxylic acids is 1. The highest BCUT2D eigenvalue weighted by Gasteiger charge is 2.17. The Morgan fingerprint density at radius 2 is 1.95 bits per heavy atom. The van der Waals surface area contributed by atoms with Crippen LogP contribution in [0.1, 0.15) is 22.0 Å². The molecule has 1 atom stereocenters. The first kappa shape index (κ1) is 15.1. The van der Waals surface area contributed by atoms with Crippen molar-refractivity contribution in [3.63, 3.8) is 0 Å². The maximum absolute atomic E-state index is 12.9. The number of nitriles is 1. The Balaban J connectivity index is 2.19. The highest BCUT2D eigenvalue weighted by molar-refractivity contribution is 5.95. The van der Waals surface area contributed by atoms with E-state index in [-0.39, 0.29) is 11.3 Å². The van der Waals surface area contributed by atoms with Crippen LogP contribution in [0.3, 0.4) is 0 Å². The molecule has 6 nitrogen and oxygen atoms in total. The molecule has 0 saturated heterocycles. The lowest BCUT2D eigenvalue weighted by molar-refractivity contribution is -0.384. The van der Waals surface area contributed by atoms with Crippen LogP contribution in [0, 0.1) is 27.3 Å². The number of hydrogen-bond acceptors (Lipinski definition) is 4. The van der Waals surface area contributed by atoms with E-state index in [1.807, 2.05) is 6.07 Å². The highest BCUT2D eigenvalue weighted by atomic mass is 19.1. The smallest absolute Gasteiger partial charge is 0.270 e. The lowest BCUT2D eigenvalue weighted by Crippen LogP contribution is -2.27. The van der Waals surface area contributed by atoms with E-state index in [1.54, 1.807) is 0 Å². The summed E-state index contributed by atoms with van der Waals surface area (Å²) in [6.45, 7) is 0. The summed E-state index contributed by atoms with van der Waals surface area (Å²) in [7, 11) is 0. The second-order valence-corrected chi connectivity index (χ2v) is 4.39. The van der Waals surface area contributed by atoms with Crippen LogP contribution in [-0.4, -0.2) is 10.8 Å². The van der Waals surface area contributed by atoms with Crippen LogP contribution < -0.4 is 5.32 Å². The molecule has 0 spiro atoms. The molecule has 0 aliphatic rings. The summed E-state index contributed by atoms with van der Waals surface area (Å²) in [5.41, 5.74) is 0.266. The number of non-ortho nitro benzene ring substituents is 1. The number of nitro benzene ring substituents is 1. The SMILES string of the molecule is N#C[C@H](NC(=O)c1cccc([N+](=O)[O-])c1)c1ccc(F)cc1. The van der Waals surface area contributed by atoms with Crippen LogP contribution in [0.4, 0.5) is 10.1 Å². The van der Waals surface area contributed by atoms with Crippen molar-refractivity contribution in [2.24, 2.45) is 0 Å². The average Bonchev–Trinajstić information content (AvgIpc) is 2.53. The minimum absolute atomic E-state index is 0.0663. The predicted octanol–water partition coefficient (Wildman–Crippen LogP) is 2.73. The van der Waals surface area contributed by atoms with Crippen LogP contribution in [0.15, 0.2) is 48.5 Å². The molecule has 2 rings (SSSR count). The molecule has 0 heterocycles. The minimum atomic E-state index is -0.979. The summed E-state index contributed by atoms with van der Waals surface area (Å²) in [6.07, 6.45) is 0. The first-order valence-corrected chi connectivity index (χ1v) is 6.21. The number of amides is 1. The number of rotatable bonds is 4. The lowest BCUT2D eigenvalue weighted by atomic mass is 10.1. The molecule has 1 amide bonds. The predicted molar refractivity (Wildman–Crippen MR) is 75.3 cm³/mol. The summed E-state index contributed by atoms with van der Waals surface area (Å²) in [4.78, 5) is 22.2. The Labute approximate surface area is 125 Å². The van der Waals surface area contributed by atoms with Crippen LogP contribution >= 0.6 is 0 Å². The van der Waals surface area contributed by atoms with Gasteiger partial charge in [0.1, 0.15) is 11.9 Å². The molecule has 0 aliphatic carbocycles. The second-order valence-electron chi connectivity index (χ2n) is 4.39. The third kappa shape index (κ3) is 3.43. The van der Waals surface area contributed by atoms with E-state index in [2.05, 4.69) is 5.32 Å². The number of halogens is 1. The lowest BCUT2D eigenvalue weighted by Gasteiger charge is -2.12. The van der Waals surface area contributed by atoms with Gasteiger partial charge in [0, 0.05) is 17.7 Å². The first-order valence-electron chi connectivity index (χ1n) is 6.21. The quantitative estimate of drug-likeness (QED) is 0.693. The first-order chi connectivity index (χ1) is 10.5. The van der Waals surface area contributed by atoms with Crippen molar-refractivity contribution in [3.05, 3.63) is 75.6 Å². The van der Waals surface area contributed by atoms with Crippen molar-refractivity contribution in [3.8, 4) is 6.07 Å². The van der Waals surface area contributed by atoms with Crippen molar-refractivity contribution in [2.75, 3.05) is 0 Å². The molecule has 0 aromatic heterocycles. The van der Waals surface area contributed by atoms with Gasteiger partial charge in [-0.25, -0.2) is 4.39 Å². The molecular weight excluding hydrogens is 289 g/mol. The van der Waals surface area contributed by atoms with Gasteiger partial charge in [0.25, 0.3) is 11.6 Å². The Morgan fingerprint density at radius 3 is 2.55 bits per heavy atom. The van der Waals surface area contributed by atoms with Crippen molar-refractivity contribution in [2.45, 2.75) is 6.04 Å². The van der Waals surface area contributed by atoms with Crippen molar-refractivity contribution in [1.29, 1.82) is 5.26 Å². The Kier molecular flexibility index (Phi) is 4.44. The van der Waals surface area contributed by atoms with Crippen LogP contribution in [0.5, 0.6) is 0 Å².